The van der Waals surface area contributed by atoms with Crippen LogP contribution in [0.25, 0.3) is 0 Å². The third-order valence-corrected chi connectivity index (χ3v) is 17.4. The summed E-state index contributed by atoms with van der Waals surface area (Å²) < 4.78 is 0. The number of unbranched alkanes of at least 4 members (excludes halogenated alkanes) is 3. The SMILES string of the molecule is CC(C)=CC[P+](CCCCCC[P+](CC=C(C)C)(c1ccccc1)c1ccccc1)(c1ccccc1)c1ccccc1. The Morgan fingerprint density at radius 2 is 0.667 bits per heavy atom. The van der Waals surface area contributed by atoms with E-state index in [4.69, 9.17) is 0 Å². The first-order valence-electron chi connectivity index (χ1n) is 15.7. The van der Waals surface area contributed by atoms with E-state index in [1.807, 2.05) is 0 Å². The summed E-state index contributed by atoms with van der Waals surface area (Å²) in [6, 6.07) is 45.6. The van der Waals surface area contributed by atoms with Crippen LogP contribution in [0.15, 0.2) is 145 Å². The second-order valence-electron chi connectivity index (χ2n) is 12.1. The Kier molecular flexibility index (Phi) is 12.4. The second-order valence-corrected chi connectivity index (χ2v) is 19.6. The van der Waals surface area contributed by atoms with Gasteiger partial charge in [-0.05, 0) is 114 Å². The lowest BCUT2D eigenvalue weighted by molar-refractivity contribution is 0.707. The number of benzene rings is 4. The van der Waals surface area contributed by atoms with E-state index < -0.39 is 14.5 Å². The highest BCUT2D eigenvalue weighted by Crippen LogP contribution is 2.58. The van der Waals surface area contributed by atoms with Crippen molar-refractivity contribution in [3.63, 3.8) is 0 Å². The zero-order chi connectivity index (χ0) is 29.7. The molecule has 0 amide bonds. The monoisotopic (exact) mass is 592 g/mol. The highest BCUT2D eigenvalue weighted by Gasteiger charge is 2.42. The van der Waals surface area contributed by atoms with Crippen molar-refractivity contribution in [2.45, 2.75) is 53.4 Å². The van der Waals surface area contributed by atoms with Crippen molar-refractivity contribution in [2.24, 2.45) is 0 Å². The summed E-state index contributed by atoms with van der Waals surface area (Å²) in [5.74, 6) is 0. The Balaban J connectivity index is 1.53. The molecule has 0 atom stereocenters. The molecule has 0 saturated carbocycles. The van der Waals surface area contributed by atoms with Crippen LogP contribution in [0.5, 0.6) is 0 Å². The molecule has 0 aliphatic heterocycles. The Morgan fingerprint density at radius 1 is 0.405 bits per heavy atom. The van der Waals surface area contributed by atoms with E-state index in [-0.39, 0.29) is 0 Å². The molecule has 0 fully saturated rings. The summed E-state index contributed by atoms with van der Waals surface area (Å²) in [4.78, 5) is 0. The largest absolute Gasteiger partial charge is 0.0995 e. The van der Waals surface area contributed by atoms with Gasteiger partial charge in [-0.1, -0.05) is 83.9 Å². The molecule has 2 heteroatoms. The van der Waals surface area contributed by atoms with Crippen LogP contribution >= 0.6 is 14.5 Å². The fourth-order valence-electron chi connectivity index (χ4n) is 6.07. The van der Waals surface area contributed by atoms with Gasteiger partial charge in [-0.15, -0.1) is 0 Å². The first-order valence-corrected chi connectivity index (χ1v) is 20.0. The summed E-state index contributed by atoms with van der Waals surface area (Å²) in [6.07, 6.45) is 15.0. The van der Waals surface area contributed by atoms with Gasteiger partial charge in [0.2, 0.25) is 0 Å². The lowest BCUT2D eigenvalue weighted by atomic mass is 10.2. The Morgan fingerprint density at radius 3 is 0.905 bits per heavy atom. The number of hydrogen-bond donors (Lipinski definition) is 0. The molecule has 0 saturated heterocycles. The van der Waals surface area contributed by atoms with Gasteiger partial charge >= 0.3 is 0 Å². The van der Waals surface area contributed by atoms with E-state index in [1.165, 1.54) is 49.2 Å². The van der Waals surface area contributed by atoms with Gasteiger partial charge in [0.15, 0.2) is 0 Å². The van der Waals surface area contributed by atoms with E-state index >= 15 is 0 Å². The van der Waals surface area contributed by atoms with E-state index in [9.17, 15) is 0 Å². The topological polar surface area (TPSA) is 0 Å². The minimum atomic E-state index is -1.53. The van der Waals surface area contributed by atoms with Gasteiger partial charge < -0.3 is 0 Å². The van der Waals surface area contributed by atoms with Gasteiger partial charge in [0.1, 0.15) is 0 Å². The van der Waals surface area contributed by atoms with E-state index in [0.717, 1.165) is 12.3 Å². The minimum Gasteiger partial charge on any atom is -0.0768 e. The normalized spacial score (nSPS) is 11.6. The van der Waals surface area contributed by atoms with Crippen molar-refractivity contribution < 1.29 is 0 Å². The predicted molar refractivity (Wildman–Crippen MR) is 195 cm³/mol. The molecule has 4 aromatic carbocycles. The van der Waals surface area contributed by atoms with Gasteiger partial charge in [0, 0.05) is 0 Å². The molecule has 4 aromatic rings. The predicted octanol–water partition coefficient (Wildman–Crippen LogP) is 9.82. The number of allylic oxidation sites excluding steroid dienone is 4. The van der Waals surface area contributed by atoms with Gasteiger partial charge in [-0.3, -0.25) is 0 Å². The summed E-state index contributed by atoms with van der Waals surface area (Å²) in [5.41, 5.74) is 2.84. The molecule has 0 spiro atoms. The van der Waals surface area contributed by atoms with Gasteiger partial charge in [0.25, 0.3) is 0 Å². The molecule has 0 unspecified atom stereocenters. The van der Waals surface area contributed by atoms with Gasteiger partial charge in [-0.25, -0.2) is 0 Å². The third-order valence-electron chi connectivity index (χ3n) is 8.45. The lowest BCUT2D eigenvalue weighted by Gasteiger charge is -2.28. The maximum atomic E-state index is 2.50. The number of rotatable bonds is 15. The lowest BCUT2D eigenvalue weighted by Crippen LogP contribution is -2.27. The highest BCUT2D eigenvalue weighted by molar-refractivity contribution is 7.90. The van der Waals surface area contributed by atoms with Crippen molar-refractivity contribution in [3.05, 3.63) is 145 Å². The zero-order valence-electron chi connectivity index (χ0n) is 26.3. The first-order chi connectivity index (χ1) is 20.5. The molecule has 0 aliphatic carbocycles. The van der Waals surface area contributed by atoms with Crippen molar-refractivity contribution in [1.29, 1.82) is 0 Å². The Labute approximate surface area is 257 Å². The Bertz CT molecular complexity index is 1190. The second kappa shape index (κ2) is 16.2. The maximum absolute atomic E-state index is 2.50. The molecule has 218 valence electrons. The molecule has 0 radical (unpaired) electrons. The van der Waals surface area contributed by atoms with Crippen LogP contribution < -0.4 is 21.2 Å². The summed E-state index contributed by atoms with van der Waals surface area (Å²) in [6.45, 7) is 8.98. The zero-order valence-corrected chi connectivity index (χ0v) is 28.0. The Hall–Kier alpha value is -2.78. The van der Waals surface area contributed by atoms with Crippen LogP contribution in [-0.2, 0) is 0 Å². The van der Waals surface area contributed by atoms with Crippen molar-refractivity contribution in [2.75, 3.05) is 24.6 Å². The quantitative estimate of drug-likeness (QED) is 0.0732. The average Bonchev–Trinajstić information content (AvgIpc) is 3.03. The van der Waals surface area contributed by atoms with Crippen LogP contribution in [0, 0.1) is 0 Å². The smallest absolute Gasteiger partial charge is 0.0768 e. The van der Waals surface area contributed by atoms with E-state index in [0.29, 0.717) is 0 Å². The molecule has 4 rings (SSSR count). The molecular formula is C40H50P2+2. The highest BCUT2D eigenvalue weighted by atomic mass is 31.2. The van der Waals surface area contributed by atoms with Gasteiger partial charge in [-0.2, -0.15) is 0 Å². The van der Waals surface area contributed by atoms with Crippen LogP contribution in [0.2, 0.25) is 0 Å². The van der Waals surface area contributed by atoms with Crippen LogP contribution in [0.1, 0.15) is 53.4 Å². The molecule has 0 N–H and O–H groups in total. The van der Waals surface area contributed by atoms with Crippen LogP contribution in [-0.4, -0.2) is 24.6 Å². The summed E-state index contributed by atoms with van der Waals surface area (Å²) in [7, 11) is -3.06. The molecular weight excluding hydrogens is 542 g/mol. The molecule has 42 heavy (non-hydrogen) atoms. The molecule has 0 aliphatic rings. The molecule has 0 bridgehead atoms. The van der Waals surface area contributed by atoms with Crippen molar-refractivity contribution >= 4 is 35.7 Å². The third kappa shape index (κ3) is 8.40. The minimum absolute atomic E-state index is 1.16. The van der Waals surface area contributed by atoms with E-state index in [2.05, 4.69) is 161 Å². The molecule has 0 heterocycles. The summed E-state index contributed by atoms with van der Waals surface area (Å²) >= 11 is 0. The average molecular weight is 593 g/mol. The van der Waals surface area contributed by atoms with Crippen molar-refractivity contribution in [1.82, 2.24) is 0 Å². The van der Waals surface area contributed by atoms with E-state index in [1.54, 1.807) is 21.2 Å². The van der Waals surface area contributed by atoms with Crippen LogP contribution in [0.3, 0.4) is 0 Å². The first kappa shape index (κ1) is 32.1. The summed E-state index contributed by atoms with van der Waals surface area (Å²) in [5, 5.41) is 6.20. The standard InChI is InChI=1S/C40H50P2/c1-35(2)29-33-41(37-21-11-7-12-22-37,38-23-13-8-14-24-38)31-19-5-6-20-32-42(34-30-36(3)4,39-25-15-9-16-26-39)40-27-17-10-18-28-40/h7-18,21-30H,5-6,19-20,31-34H2,1-4H3/q+2. The fraction of sp³-hybridized carbons (Fsp3) is 0.300. The maximum Gasteiger partial charge on any atom is 0.0995 e. The van der Waals surface area contributed by atoms with Gasteiger partial charge in [0.05, 0.1) is 60.4 Å². The molecule has 0 aromatic heterocycles. The fourth-order valence-corrected chi connectivity index (χ4v) is 14.8. The van der Waals surface area contributed by atoms with Crippen LogP contribution in [0.4, 0.5) is 0 Å². The molecule has 0 nitrogen and oxygen atoms in total. The number of hydrogen-bond acceptors (Lipinski definition) is 0. The van der Waals surface area contributed by atoms with Crippen molar-refractivity contribution in [3.8, 4) is 0 Å².